The average molecular weight is 472 g/mol. The fourth-order valence-electron chi connectivity index (χ4n) is 3.89. The van der Waals surface area contributed by atoms with Crippen LogP contribution >= 0.6 is 0 Å². The highest BCUT2D eigenvalue weighted by Crippen LogP contribution is 2.43. The van der Waals surface area contributed by atoms with Crippen molar-refractivity contribution in [2.45, 2.75) is 25.2 Å². The number of halogens is 3. The highest BCUT2D eigenvalue weighted by Gasteiger charge is 2.43. The highest BCUT2D eigenvalue weighted by molar-refractivity contribution is 5.71. The fourth-order valence-corrected chi connectivity index (χ4v) is 3.89. The summed E-state index contributed by atoms with van der Waals surface area (Å²) in [6, 6.07) is 12.5. The van der Waals surface area contributed by atoms with Crippen LogP contribution in [0.5, 0.6) is 5.75 Å². The molecule has 0 amide bonds. The Balaban J connectivity index is 1.49. The molecule has 34 heavy (non-hydrogen) atoms. The van der Waals surface area contributed by atoms with Crippen LogP contribution in [0.4, 0.5) is 13.2 Å². The predicted molar refractivity (Wildman–Crippen MR) is 114 cm³/mol. The molecule has 2 aromatic carbocycles. The summed E-state index contributed by atoms with van der Waals surface area (Å²) in [6.45, 7) is 2.87. The van der Waals surface area contributed by atoms with Crippen LogP contribution in [0.25, 0.3) is 34.3 Å². The van der Waals surface area contributed by atoms with Crippen molar-refractivity contribution in [1.82, 2.24) is 20.6 Å². The van der Waals surface area contributed by atoms with E-state index in [1.807, 2.05) is 6.92 Å². The van der Waals surface area contributed by atoms with E-state index >= 15 is 0 Å². The maximum Gasteiger partial charge on any atom is 0.422 e. The third-order valence-electron chi connectivity index (χ3n) is 5.50. The lowest BCUT2D eigenvalue weighted by Gasteiger charge is -2.30. The summed E-state index contributed by atoms with van der Waals surface area (Å²) in [5.74, 6) is -0.644. The van der Waals surface area contributed by atoms with Crippen LogP contribution in [0.3, 0.4) is 0 Å². The van der Waals surface area contributed by atoms with Crippen molar-refractivity contribution in [2.24, 2.45) is 0 Å². The van der Waals surface area contributed by atoms with Gasteiger partial charge < -0.3 is 24.2 Å². The van der Waals surface area contributed by atoms with E-state index in [0.29, 0.717) is 23.4 Å². The summed E-state index contributed by atoms with van der Waals surface area (Å²) < 4.78 is 57.6. The Labute approximate surface area is 191 Å². The van der Waals surface area contributed by atoms with Crippen molar-refractivity contribution in [1.29, 1.82) is 0 Å². The number of nitrogens with zero attached hydrogens (tertiary/aromatic N) is 3. The number of hydrogen-bond donors (Lipinski definition) is 2. The molecule has 0 bridgehead atoms. The number of likely N-dealkylation sites (N-methyl/N-ethyl adjacent to an activating group) is 1. The maximum absolute atomic E-state index is 13.9. The van der Waals surface area contributed by atoms with Gasteiger partial charge in [-0.2, -0.15) is 18.2 Å². The van der Waals surface area contributed by atoms with E-state index in [9.17, 15) is 18.3 Å². The quantitative estimate of drug-likeness (QED) is 0.438. The zero-order valence-electron chi connectivity index (χ0n) is 17.8. The van der Waals surface area contributed by atoms with Crippen LogP contribution in [0, 0.1) is 0 Å². The summed E-state index contributed by atoms with van der Waals surface area (Å²) >= 11 is 0. The molecule has 1 aliphatic rings. The first-order valence-corrected chi connectivity index (χ1v) is 10.5. The van der Waals surface area contributed by atoms with Crippen molar-refractivity contribution in [3.63, 3.8) is 0 Å². The summed E-state index contributed by atoms with van der Waals surface area (Å²) in [5, 5.41) is 21.1. The van der Waals surface area contributed by atoms with Crippen LogP contribution in [0.1, 0.15) is 24.2 Å². The second-order valence-electron chi connectivity index (χ2n) is 7.69. The minimum Gasteiger partial charge on any atom is -0.491 e. The second-order valence-corrected chi connectivity index (χ2v) is 7.69. The van der Waals surface area contributed by atoms with E-state index in [2.05, 4.69) is 20.6 Å². The highest BCUT2D eigenvalue weighted by atomic mass is 19.4. The lowest BCUT2D eigenvalue weighted by Crippen LogP contribution is -2.42. The van der Waals surface area contributed by atoms with E-state index in [1.165, 1.54) is 12.1 Å². The summed E-state index contributed by atoms with van der Waals surface area (Å²) in [6.07, 6.45) is -5.54. The Hall–Kier alpha value is -3.70. The normalized spacial score (nSPS) is 17.9. The molecule has 0 saturated carbocycles. The van der Waals surface area contributed by atoms with Gasteiger partial charge in [-0.05, 0) is 12.6 Å². The Morgan fingerprint density at radius 1 is 1.06 bits per heavy atom. The topological polar surface area (TPSA) is 106 Å². The second kappa shape index (κ2) is 8.58. The summed E-state index contributed by atoms with van der Waals surface area (Å²) in [4.78, 5) is 4.10. The molecule has 11 heteroatoms. The molecule has 2 N–H and O–H groups in total. The number of aliphatic hydroxyl groups is 1. The zero-order valence-corrected chi connectivity index (χ0v) is 17.8. The van der Waals surface area contributed by atoms with E-state index in [-0.39, 0.29) is 29.7 Å². The van der Waals surface area contributed by atoms with Gasteiger partial charge in [0.2, 0.25) is 11.6 Å². The third-order valence-corrected chi connectivity index (χ3v) is 5.50. The Kier molecular flexibility index (Phi) is 5.58. The van der Waals surface area contributed by atoms with Crippen LogP contribution in [-0.2, 0) is 6.18 Å². The van der Waals surface area contributed by atoms with Crippen molar-refractivity contribution in [3.05, 3.63) is 59.7 Å². The van der Waals surface area contributed by atoms with E-state index in [4.69, 9.17) is 13.8 Å². The zero-order chi connectivity index (χ0) is 23.9. The number of aliphatic hydroxyl groups excluding tert-OH is 1. The predicted octanol–water partition coefficient (Wildman–Crippen LogP) is 4.48. The van der Waals surface area contributed by atoms with Gasteiger partial charge in [0.25, 0.3) is 5.89 Å². The SMILES string of the molecule is CCN[C@H]1COc2cc(-c3noc(-c4onc(-c5ccccc5)c4C(F)(F)F)n3)ccc2[C@H]1O. The number of benzene rings is 2. The molecule has 2 aromatic heterocycles. The van der Waals surface area contributed by atoms with Gasteiger partial charge in [0.1, 0.15) is 29.7 Å². The number of rotatable bonds is 5. The number of aromatic nitrogens is 3. The number of nitrogens with one attached hydrogen (secondary N) is 1. The largest absolute Gasteiger partial charge is 0.491 e. The Morgan fingerprint density at radius 3 is 2.59 bits per heavy atom. The molecular weight excluding hydrogens is 453 g/mol. The van der Waals surface area contributed by atoms with Gasteiger partial charge in [-0.15, -0.1) is 0 Å². The lowest BCUT2D eigenvalue weighted by molar-refractivity contribution is -0.136. The molecule has 3 heterocycles. The van der Waals surface area contributed by atoms with Gasteiger partial charge in [0.15, 0.2) is 0 Å². The van der Waals surface area contributed by atoms with E-state index in [0.717, 1.165) is 0 Å². The fraction of sp³-hybridized carbons (Fsp3) is 0.261. The first-order chi connectivity index (χ1) is 16.4. The van der Waals surface area contributed by atoms with Crippen LogP contribution < -0.4 is 10.1 Å². The molecule has 0 radical (unpaired) electrons. The van der Waals surface area contributed by atoms with Crippen LogP contribution in [-0.4, -0.2) is 39.6 Å². The van der Waals surface area contributed by atoms with E-state index < -0.39 is 29.5 Å². The molecule has 0 aliphatic carbocycles. The van der Waals surface area contributed by atoms with Crippen LogP contribution in [0.2, 0.25) is 0 Å². The summed E-state index contributed by atoms with van der Waals surface area (Å²) in [7, 11) is 0. The average Bonchev–Trinajstić information content (AvgIpc) is 3.49. The van der Waals surface area contributed by atoms with Crippen molar-refractivity contribution < 1.29 is 32.1 Å². The van der Waals surface area contributed by atoms with Gasteiger partial charge in [0, 0.05) is 16.7 Å². The van der Waals surface area contributed by atoms with Gasteiger partial charge in [-0.3, -0.25) is 0 Å². The number of alkyl halides is 3. The van der Waals surface area contributed by atoms with Crippen molar-refractivity contribution in [3.8, 4) is 40.0 Å². The first-order valence-electron chi connectivity index (χ1n) is 10.5. The molecule has 2 atom stereocenters. The maximum atomic E-state index is 13.9. The first kappa shape index (κ1) is 22.1. The monoisotopic (exact) mass is 472 g/mol. The molecule has 0 unspecified atom stereocenters. The molecule has 4 aromatic rings. The van der Waals surface area contributed by atoms with Gasteiger partial charge in [0.05, 0.1) is 6.04 Å². The minimum absolute atomic E-state index is 0.0375. The molecule has 1 aliphatic heterocycles. The molecule has 8 nitrogen and oxygen atoms in total. The minimum atomic E-state index is -4.77. The van der Waals surface area contributed by atoms with Gasteiger partial charge in [-0.25, -0.2) is 0 Å². The number of hydrogen-bond acceptors (Lipinski definition) is 8. The van der Waals surface area contributed by atoms with Gasteiger partial charge >= 0.3 is 6.18 Å². The standard InChI is InChI=1S/C23H19F3N4O4/c1-2-27-15-11-32-16-10-13(8-9-14(16)19(15)31)21-28-22(34-30-21)20-17(23(24,25)26)18(29-33-20)12-6-4-3-5-7-12/h3-10,15,19,27,31H,2,11H2,1H3/t15-,19+/m0/s1. The van der Waals surface area contributed by atoms with E-state index in [1.54, 1.807) is 36.4 Å². The Bertz CT molecular complexity index is 1300. The molecule has 5 rings (SSSR count). The van der Waals surface area contributed by atoms with Crippen LogP contribution in [0.15, 0.2) is 57.6 Å². The number of fused-ring (bicyclic) bond motifs is 1. The Morgan fingerprint density at radius 2 is 1.85 bits per heavy atom. The molecule has 176 valence electrons. The molecule has 0 saturated heterocycles. The van der Waals surface area contributed by atoms with Crippen molar-refractivity contribution >= 4 is 0 Å². The lowest BCUT2D eigenvalue weighted by atomic mass is 9.97. The smallest absolute Gasteiger partial charge is 0.422 e. The molecule has 0 spiro atoms. The molecular formula is C23H19F3N4O4. The number of ether oxygens (including phenoxy) is 1. The van der Waals surface area contributed by atoms with Crippen molar-refractivity contribution in [2.75, 3.05) is 13.2 Å². The van der Waals surface area contributed by atoms with Gasteiger partial charge in [-0.1, -0.05) is 59.7 Å². The molecule has 0 fully saturated rings. The summed E-state index contributed by atoms with van der Waals surface area (Å²) in [5.41, 5.74) is -0.189. The third kappa shape index (κ3) is 3.93.